The lowest BCUT2D eigenvalue weighted by Crippen LogP contribution is -2.20. The second kappa shape index (κ2) is 4.92. The molecule has 0 radical (unpaired) electrons. The maximum Gasteiger partial charge on any atom is 0.343 e. The van der Waals surface area contributed by atoms with Crippen molar-refractivity contribution in [3.8, 4) is 0 Å². The molecule has 1 saturated heterocycles. The van der Waals surface area contributed by atoms with Crippen molar-refractivity contribution in [1.29, 1.82) is 0 Å². The highest BCUT2D eigenvalue weighted by atomic mass is 127. The zero-order valence-electron chi connectivity index (χ0n) is 7.29. The molecule has 1 fully saturated rings. The second-order valence-corrected chi connectivity index (χ2v) is 3.96. The molecule has 0 aromatic heterocycles. The average molecular weight is 298 g/mol. The molecule has 0 aliphatic carbocycles. The number of hydrogen-bond donors (Lipinski definition) is 0. The molecule has 0 aromatic rings. The number of carbonyl (C=O) groups is 1. The van der Waals surface area contributed by atoms with Crippen LogP contribution in [0.15, 0.2) is 10.2 Å². The lowest BCUT2D eigenvalue weighted by atomic mass is 10.4. The van der Waals surface area contributed by atoms with Crippen molar-refractivity contribution in [2.75, 3.05) is 13.2 Å². The van der Waals surface area contributed by atoms with Gasteiger partial charge >= 0.3 is 5.97 Å². The molecule has 1 aliphatic heterocycles. The summed E-state index contributed by atoms with van der Waals surface area (Å²) in [5, 5.41) is 0. The van der Waals surface area contributed by atoms with Gasteiger partial charge in [-0.1, -0.05) is 6.58 Å². The highest BCUT2D eigenvalue weighted by molar-refractivity contribution is 14.1. The number of ether oxygens (including phenoxy) is 3. The van der Waals surface area contributed by atoms with Crippen molar-refractivity contribution in [2.45, 2.75) is 19.3 Å². The Bertz CT molecular complexity index is 216. The van der Waals surface area contributed by atoms with Gasteiger partial charge in [-0.05, 0) is 29.5 Å². The van der Waals surface area contributed by atoms with Crippen molar-refractivity contribution in [2.24, 2.45) is 0 Å². The first-order chi connectivity index (χ1) is 6.09. The van der Waals surface area contributed by atoms with Crippen molar-refractivity contribution < 1.29 is 19.0 Å². The summed E-state index contributed by atoms with van der Waals surface area (Å²) < 4.78 is 15.6. The van der Waals surface area contributed by atoms with Gasteiger partial charge in [-0.15, -0.1) is 0 Å². The zero-order valence-corrected chi connectivity index (χ0v) is 9.44. The first-order valence-electron chi connectivity index (χ1n) is 3.88. The third-order valence-corrected chi connectivity index (χ3v) is 1.96. The van der Waals surface area contributed by atoms with Crippen LogP contribution in [-0.4, -0.2) is 31.6 Å². The molecule has 13 heavy (non-hydrogen) atoms. The molecule has 1 aliphatic rings. The molecule has 0 amide bonds. The van der Waals surface area contributed by atoms with E-state index in [2.05, 4.69) is 6.58 Å². The third-order valence-electron chi connectivity index (χ3n) is 1.52. The van der Waals surface area contributed by atoms with Gasteiger partial charge in [0, 0.05) is 0 Å². The van der Waals surface area contributed by atoms with Crippen LogP contribution >= 0.6 is 22.6 Å². The van der Waals surface area contributed by atoms with E-state index in [0.717, 1.165) is 0 Å². The van der Waals surface area contributed by atoms with Crippen molar-refractivity contribution in [1.82, 2.24) is 0 Å². The molecule has 0 aromatic carbocycles. The molecule has 0 spiro atoms. The highest BCUT2D eigenvalue weighted by Gasteiger charge is 2.23. The fraction of sp³-hybridized carbons (Fsp3) is 0.625. The predicted octanol–water partition coefficient (Wildman–Crippen LogP) is 1.24. The Morgan fingerprint density at radius 1 is 1.77 bits per heavy atom. The van der Waals surface area contributed by atoms with Gasteiger partial charge in [-0.2, -0.15) is 0 Å². The fourth-order valence-electron chi connectivity index (χ4n) is 0.927. The second-order valence-electron chi connectivity index (χ2n) is 2.66. The Morgan fingerprint density at radius 2 is 2.46 bits per heavy atom. The number of halogens is 1. The van der Waals surface area contributed by atoms with Gasteiger partial charge in [0.05, 0.1) is 10.2 Å². The molecular weight excluding hydrogens is 287 g/mol. The summed E-state index contributed by atoms with van der Waals surface area (Å²) in [6.45, 7) is 5.96. The molecule has 5 heteroatoms. The Hall–Kier alpha value is -0.140. The summed E-state index contributed by atoms with van der Waals surface area (Å²) >= 11 is 1.82. The van der Waals surface area contributed by atoms with E-state index < -0.39 is 5.97 Å². The van der Waals surface area contributed by atoms with Crippen LogP contribution in [-0.2, 0) is 19.0 Å². The summed E-state index contributed by atoms with van der Waals surface area (Å²) in [6, 6.07) is 0. The molecule has 0 N–H and O–H groups in total. The molecular formula is C8H11IO4. The largest absolute Gasteiger partial charge is 0.459 e. The first kappa shape index (κ1) is 10.9. The lowest BCUT2D eigenvalue weighted by Gasteiger charge is -2.08. The molecule has 0 saturated carbocycles. The molecule has 4 nitrogen and oxygen atoms in total. The quantitative estimate of drug-likeness (QED) is 0.447. The summed E-state index contributed by atoms with van der Waals surface area (Å²) in [5.74, 6) is -0.399. The SMILES string of the molecule is C=C(I)C(=O)OCC1COC(C)O1. The van der Waals surface area contributed by atoms with Gasteiger partial charge in [0.1, 0.15) is 12.7 Å². The van der Waals surface area contributed by atoms with E-state index in [-0.39, 0.29) is 19.0 Å². The molecule has 74 valence electrons. The van der Waals surface area contributed by atoms with Gasteiger partial charge in [-0.25, -0.2) is 4.79 Å². The Morgan fingerprint density at radius 3 is 2.92 bits per heavy atom. The number of carbonyl (C=O) groups excluding carboxylic acids is 1. The van der Waals surface area contributed by atoms with Crippen molar-refractivity contribution in [3.05, 3.63) is 10.2 Å². The van der Waals surface area contributed by atoms with E-state index in [1.54, 1.807) is 6.92 Å². The van der Waals surface area contributed by atoms with Gasteiger partial charge < -0.3 is 14.2 Å². The average Bonchev–Trinajstić information content (AvgIpc) is 2.47. The van der Waals surface area contributed by atoms with Gasteiger partial charge in [0.2, 0.25) is 0 Å². The van der Waals surface area contributed by atoms with Crippen LogP contribution in [0.4, 0.5) is 0 Å². The number of rotatable bonds is 3. The topological polar surface area (TPSA) is 44.8 Å². The molecule has 1 rings (SSSR count). The first-order valence-corrected chi connectivity index (χ1v) is 4.96. The minimum atomic E-state index is -0.399. The Balaban J connectivity index is 2.20. The fourth-order valence-corrected chi connectivity index (χ4v) is 1.08. The van der Waals surface area contributed by atoms with E-state index in [9.17, 15) is 4.79 Å². The molecule has 1 heterocycles. The third kappa shape index (κ3) is 3.61. The minimum absolute atomic E-state index is 0.144. The molecule has 0 bridgehead atoms. The van der Waals surface area contributed by atoms with E-state index in [1.165, 1.54) is 0 Å². The summed E-state index contributed by atoms with van der Waals surface area (Å²) in [7, 11) is 0. The van der Waals surface area contributed by atoms with E-state index in [4.69, 9.17) is 14.2 Å². The normalized spacial score (nSPS) is 27.2. The van der Waals surface area contributed by atoms with E-state index in [0.29, 0.717) is 10.2 Å². The smallest absolute Gasteiger partial charge is 0.343 e. The van der Waals surface area contributed by atoms with Gasteiger partial charge in [0.25, 0.3) is 0 Å². The van der Waals surface area contributed by atoms with Crippen LogP contribution in [0, 0.1) is 0 Å². The highest BCUT2D eigenvalue weighted by Crippen LogP contribution is 2.12. The summed E-state index contributed by atoms with van der Waals surface area (Å²) in [5.41, 5.74) is 0. The maximum absolute atomic E-state index is 11.0. The predicted molar refractivity (Wildman–Crippen MR) is 54.4 cm³/mol. The van der Waals surface area contributed by atoms with Crippen LogP contribution in [0.3, 0.4) is 0 Å². The molecule has 2 unspecified atom stereocenters. The van der Waals surface area contributed by atoms with E-state index >= 15 is 0 Å². The van der Waals surface area contributed by atoms with Crippen LogP contribution in [0.1, 0.15) is 6.92 Å². The van der Waals surface area contributed by atoms with Crippen molar-refractivity contribution in [3.63, 3.8) is 0 Å². The Labute approximate surface area is 90.4 Å². The molecule has 2 atom stereocenters. The lowest BCUT2D eigenvalue weighted by molar-refractivity contribution is -0.142. The van der Waals surface area contributed by atoms with Gasteiger partial charge in [-0.3, -0.25) is 0 Å². The minimum Gasteiger partial charge on any atom is -0.459 e. The van der Waals surface area contributed by atoms with Crippen LogP contribution in [0.25, 0.3) is 0 Å². The monoisotopic (exact) mass is 298 g/mol. The zero-order chi connectivity index (χ0) is 9.84. The van der Waals surface area contributed by atoms with Gasteiger partial charge in [0.15, 0.2) is 6.29 Å². The number of hydrogen-bond acceptors (Lipinski definition) is 4. The van der Waals surface area contributed by atoms with Crippen LogP contribution in [0.2, 0.25) is 0 Å². The Kier molecular flexibility index (Phi) is 4.14. The summed E-state index contributed by atoms with van der Waals surface area (Å²) in [4.78, 5) is 11.0. The van der Waals surface area contributed by atoms with Crippen molar-refractivity contribution >= 4 is 28.6 Å². The maximum atomic E-state index is 11.0. The van der Waals surface area contributed by atoms with E-state index in [1.807, 2.05) is 22.6 Å². The van der Waals surface area contributed by atoms with Crippen LogP contribution < -0.4 is 0 Å². The number of esters is 1. The van der Waals surface area contributed by atoms with Crippen LogP contribution in [0.5, 0.6) is 0 Å². The summed E-state index contributed by atoms with van der Waals surface area (Å²) in [6.07, 6.45) is -0.346. The standard InChI is InChI=1S/C8H11IO4/c1-5(9)8(10)12-4-7-3-11-6(2)13-7/h6-7H,1,3-4H2,2H3.